The number of aryl methyl sites for hydroxylation is 1. The van der Waals surface area contributed by atoms with Crippen molar-refractivity contribution in [3.8, 4) is 0 Å². The molecule has 116 valence electrons. The number of hydrogen-bond donors (Lipinski definition) is 2. The average Bonchev–Trinajstić information content (AvgIpc) is 2.95. The van der Waals surface area contributed by atoms with Gasteiger partial charge in [0.1, 0.15) is 16.6 Å². The zero-order chi connectivity index (χ0) is 16.2. The van der Waals surface area contributed by atoms with Crippen LogP contribution < -0.4 is 10.6 Å². The summed E-state index contributed by atoms with van der Waals surface area (Å²) in [5, 5.41) is 6.25. The molecule has 0 radical (unpaired) electrons. The van der Waals surface area contributed by atoms with E-state index in [1.165, 1.54) is 23.5 Å². The number of carbonyl (C=O) groups is 1. The van der Waals surface area contributed by atoms with E-state index in [2.05, 4.69) is 20.6 Å². The summed E-state index contributed by atoms with van der Waals surface area (Å²) in [6.45, 7) is 1.84. The van der Waals surface area contributed by atoms with E-state index < -0.39 is 0 Å². The molecule has 0 atom stereocenters. The van der Waals surface area contributed by atoms with Crippen LogP contribution in [-0.4, -0.2) is 15.9 Å². The largest absolute Gasteiger partial charge is 0.345 e. The standard InChI is InChI=1S/C16H13FN4OS/c1-10-4-2-7-13(19-10)21-15(22)14-16(23-9-18-14)20-12-6-3-5-11(17)8-12/h2-9,20H,1H3,(H,19,21,22). The van der Waals surface area contributed by atoms with Crippen LogP contribution in [0.3, 0.4) is 0 Å². The first kappa shape index (κ1) is 15.1. The minimum Gasteiger partial charge on any atom is -0.345 e. The second-order valence-electron chi connectivity index (χ2n) is 4.78. The topological polar surface area (TPSA) is 66.9 Å². The molecule has 0 aliphatic rings. The van der Waals surface area contributed by atoms with Crippen molar-refractivity contribution in [3.05, 3.63) is 65.2 Å². The summed E-state index contributed by atoms with van der Waals surface area (Å²) in [6, 6.07) is 11.4. The Balaban J connectivity index is 1.79. The van der Waals surface area contributed by atoms with Gasteiger partial charge in [-0.25, -0.2) is 14.4 Å². The number of carbonyl (C=O) groups excluding carboxylic acids is 1. The highest BCUT2D eigenvalue weighted by Crippen LogP contribution is 2.25. The molecular formula is C16H13FN4OS. The van der Waals surface area contributed by atoms with E-state index in [9.17, 15) is 9.18 Å². The van der Waals surface area contributed by atoms with Gasteiger partial charge in [-0.15, -0.1) is 11.3 Å². The Hall–Kier alpha value is -2.80. The maximum Gasteiger partial charge on any atom is 0.278 e. The number of benzene rings is 1. The van der Waals surface area contributed by atoms with Crippen molar-refractivity contribution in [2.75, 3.05) is 10.6 Å². The Bertz CT molecular complexity index is 849. The predicted molar refractivity (Wildman–Crippen MR) is 88.7 cm³/mol. The van der Waals surface area contributed by atoms with Crippen LogP contribution in [0, 0.1) is 12.7 Å². The summed E-state index contributed by atoms with van der Waals surface area (Å²) < 4.78 is 13.2. The number of nitrogens with zero attached hydrogens (tertiary/aromatic N) is 2. The number of amides is 1. The lowest BCUT2D eigenvalue weighted by atomic mass is 10.3. The second kappa shape index (κ2) is 6.53. The maximum atomic E-state index is 13.2. The Morgan fingerprint density at radius 3 is 2.83 bits per heavy atom. The number of aromatic nitrogens is 2. The van der Waals surface area contributed by atoms with Gasteiger partial charge in [0.05, 0.1) is 5.51 Å². The molecule has 0 fully saturated rings. The summed E-state index contributed by atoms with van der Waals surface area (Å²) >= 11 is 1.27. The zero-order valence-corrected chi connectivity index (χ0v) is 13.0. The Kier molecular flexibility index (Phi) is 4.29. The molecule has 0 bridgehead atoms. The van der Waals surface area contributed by atoms with Crippen molar-refractivity contribution in [1.29, 1.82) is 0 Å². The van der Waals surface area contributed by atoms with Crippen molar-refractivity contribution in [2.45, 2.75) is 6.92 Å². The number of hydrogen-bond acceptors (Lipinski definition) is 5. The van der Waals surface area contributed by atoms with Gasteiger partial charge < -0.3 is 10.6 Å². The number of pyridine rings is 1. The number of rotatable bonds is 4. The van der Waals surface area contributed by atoms with E-state index in [-0.39, 0.29) is 17.4 Å². The molecule has 0 unspecified atom stereocenters. The fourth-order valence-electron chi connectivity index (χ4n) is 1.98. The number of anilines is 3. The minimum atomic E-state index is -0.372. The van der Waals surface area contributed by atoms with Crippen LogP contribution in [0.1, 0.15) is 16.2 Å². The Labute approximate surface area is 136 Å². The highest BCUT2D eigenvalue weighted by atomic mass is 32.1. The highest BCUT2D eigenvalue weighted by molar-refractivity contribution is 7.14. The molecule has 1 aromatic carbocycles. The smallest absolute Gasteiger partial charge is 0.278 e. The fraction of sp³-hybridized carbons (Fsp3) is 0.0625. The minimum absolute atomic E-state index is 0.238. The highest BCUT2D eigenvalue weighted by Gasteiger charge is 2.16. The lowest BCUT2D eigenvalue weighted by Gasteiger charge is -2.07. The van der Waals surface area contributed by atoms with E-state index in [0.29, 0.717) is 16.5 Å². The molecule has 7 heteroatoms. The maximum absolute atomic E-state index is 13.2. The molecule has 0 saturated heterocycles. The van der Waals surface area contributed by atoms with Crippen LogP contribution in [0.2, 0.25) is 0 Å². The number of halogens is 1. The van der Waals surface area contributed by atoms with Gasteiger partial charge in [-0.1, -0.05) is 12.1 Å². The lowest BCUT2D eigenvalue weighted by Crippen LogP contribution is -2.15. The van der Waals surface area contributed by atoms with Gasteiger partial charge in [-0.05, 0) is 37.3 Å². The van der Waals surface area contributed by atoms with E-state index in [1.54, 1.807) is 23.7 Å². The molecule has 2 heterocycles. The van der Waals surface area contributed by atoms with Crippen molar-refractivity contribution in [3.63, 3.8) is 0 Å². The molecule has 2 N–H and O–H groups in total. The Morgan fingerprint density at radius 1 is 1.22 bits per heavy atom. The molecule has 1 amide bonds. The molecule has 23 heavy (non-hydrogen) atoms. The van der Waals surface area contributed by atoms with Crippen molar-refractivity contribution in [2.24, 2.45) is 0 Å². The molecule has 2 aromatic heterocycles. The number of thiazole rings is 1. The first-order valence-electron chi connectivity index (χ1n) is 6.83. The molecule has 5 nitrogen and oxygen atoms in total. The molecule has 0 spiro atoms. The monoisotopic (exact) mass is 328 g/mol. The summed E-state index contributed by atoms with van der Waals surface area (Å²) in [6.07, 6.45) is 0. The Morgan fingerprint density at radius 2 is 2.04 bits per heavy atom. The van der Waals surface area contributed by atoms with Crippen molar-refractivity contribution >= 4 is 33.8 Å². The van der Waals surface area contributed by atoms with Crippen LogP contribution in [0.5, 0.6) is 0 Å². The van der Waals surface area contributed by atoms with Crippen molar-refractivity contribution < 1.29 is 9.18 Å². The SMILES string of the molecule is Cc1cccc(NC(=O)c2ncsc2Nc2cccc(F)c2)n1. The third kappa shape index (κ3) is 3.70. The van der Waals surface area contributed by atoms with E-state index in [4.69, 9.17) is 0 Å². The third-order valence-corrected chi connectivity index (χ3v) is 3.74. The summed E-state index contributed by atoms with van der Waals surface area (Å²) in [5.41, 5.74) is 3.15. The first-order valence-corrected chi connectivity index (χ1v) is 7.71. The van der Waals surface area contributed by atoms with E-state index in [1.807, 2.05) is 19.1 Å². The average molecular weight is 328 g/mol. The molecule has 3 rings (SSSR count). The first-order chi connectivity index (χ1) is 11.1. The molecule has 0 saturated carbocycles. The van der Waals surface area contributed by atoms with Crippen LogP contribution in [0.4, 0.5) is 20.9 Å². The van der Waals surface area contributed by atoms with Crippen LogP contribution >= 0.6 is 11.3 Å². The van der Waals surface area contributed by atoms with Gasteiger partial charge in [0, 0.05) is 11.4 Å². The van der Waals surface area contributed by atoms with Gasteiger partial charge >= 0.3 is 0 Å². The second-order valence-corrected chi connectivity index (χ2v) is 5.64. The van der Waals surface area contributed by atoms with Gasteiger partial charge in [0.2, 0.25) is 0 Å². The molecule has 0 aliphatic heterocycles. The van der Waals surface area contributed by atoms with Crippen LogP contribution in [-0.2, 0) is 0 Å². The van der Waals surface area contributed by atoms with Crippen molar-refractivity contribution in [1.82, 2.24) is 9.97 Å². The van der Waals surface area contributed by atoms with Crippen LogP contribution in [0.15, 0.2) is 48.0 Å². The number of nitrogens with one attached hydrogen (secondary N) is 2. The molecule has 0 aliphatic carbocycles. The fourth-order valence-corrected chi connectivity index (χ4v) is 2.68. The van der Waals surface area contributed by atoms with E-state index >= 15 is 0 Å². The van der Waals surface area contributed by atoms with E-state index in [0.717, 1.165) is 5.69 Å². The van der Waals surface area contributed by atoms with Gasteiger partial charge in [0.15, 0.2) is 5.69 Å². The van der Waals surface area contributed by atoms with Crippen LogP contribution in [0.25, 0.3) is 0 Å². The van der Waals surface area contributed by atoms with Gasteiger partial charge in [0.25, 0.3) is 5.91 Å². The predicted octanol–water partition coefficient (Wildman–Crippen LogP) is 3.98. The normalized spacial score (nSPS) is 10.3. The third-order valence-electron chi connectivity index (χ3n) is 2.99. The lowest BCUT2D eigenvalue weighted by molar-refractivity contribution is 0.102. The molecule has 3 aromatic rings. The summed E-state index contributed by atoms with van der Waals surface area (Å²) in [5.74, 6) is -0.266. The quantitative estimate of drug-likeness (QED) is 0.760. The molecular weight excluding hydrogens is 315 g/mol. The van der Waals surface area contributed by atoms with Gasteiger partial charge in [-0.3, -0.25) is 4.79 Å². The van der Waals surface area contributed by atoms with Gasteiger partial charge in [-0.2, -0.15) is 0 Å². The summed E-state index contributed by atoms with van der Waals surface area (Å²) in [4.78, 5) is 20.6. The summed E-state index contributed by atoms with van der Waals surface area (Å²) in [7, 11) is 0. The zero-order valence-electron chi connectivity index (χ0n) is 12.2.